The Morgan fingerprint density at radius 1 is 1.43 bits per heavy atom. The van der Waals surface area contributed by atoms with Crippen LogP contribution >= 0.6 is 11.8 Å². The Morgan fingerprint density at radius 3 is 2.67 bits per heavy atom. The van der Waals surface area contributed by atoms with Gasteiger partial charge in [-0.25, -0.2) is 4.79 Å². The fraction of sp³-hybridized carbons (Fsp3) is 0.692. The minimum Gasteiger partial charge on any atom is -0.467 e. The number of carbonyl (C=O) groups is 3. The summed E-state index contributed by atoms with van der Waals surface area (Å²) in [7, 11) is 2.77. The third-order valence-electron chi connectivity index (χ3n) is 4.82. The number of amidine groups is 1. The maximum Gasteiger partial charge on any atom is 0.332 e. The molecule has 0 bridgehead atoms. The van der Waals surface area contributed by atoms with Crippen LogP contribution in [-0.2, 0) is 19.1 Å². The molecular formula is C13H17N3O4S. The molecule has 0 aromatic rings. The molecule has 0 saturated carbocycles. The maximum atomic E-state index is 12.5. The highest BCUT2D eigenvalue weighted by molar-refractivity contribution is 8.13. The van der Waals surface area contributed by atoms with Crippen LogP contribution in [0.5, 0.6) is 0 Å². The van der Waals surface area contributed by atoms with Crippen molar-refractivity contribution >= 4 is 34.7 Å². The molecule has 0 N–H and O–H groups in total. The molecule has 2 amide bonds. The SMILES string of the molecule is COC(=O)[C@@]1(C)[C@H]2C(=O)N(C)C(=O)[C@H]2[C@H]2CN=C(SC)N21. The first-order valence-corrected chi connectivity index (χ1v) is 7.89. The summed E-state index contributed by atoms with van der Waals surface area (Å²) in [6.07, 6.45) is 1.86. The van der Waals surface area contributed by atoms with Gasteiger partial charge in [-0.15, -0.1) is 0 Å². The van der Waals surface area contributed by atoms with Crippen LogP contribution < -0.4 is 0 Å². The van der Waals surface area contributed by atoms with Crippen LogP contribution in [0, 0.1) is 11.8 Å². The van der Waals surface area contributed by atoms with Gasteiger partial charge in [-0.2, -0.15) is 0 Å². The van der Waals surface area contributed by atoms with Gasteiger partial charge in [0, 0.05) is 7.05 Å². The largest absolute Gasteiger partial charge is 0.467 e. The van der Waals surface area contributed by atoms with Crippen LogP contribution in [0.2, 0.25) is 0 Å². The summed E-state index contributed by atoms with van der Waals surface area (Å²) >= 11 is 1.41. The second-order valence-electron chi connectivity index (χ2n) is 5.64. The van der Waals surface area contributed by atoms with E-state index in [4.69, 9.17) is 4.74 Å². The smallest absolute Gasteiger partial charge is 0.332 e. The second-order valence-corrected chi connectivity index (χ2v) is 6.42. The molecule has 0 spiro atoms. The lowest BCUT2D eigenvalue weighted by Gasteiger charge is -2.37. The molecule has 0 unspecified atom stereocenters. The number of imide groups is 1. The molecule has 2 saturated heterocycles. The van der Waals surface area contributed by atoms with E-state index in [9.17, 15) is 14.4 Å². The van der Waals surface area contributed by atoms with Gasteiger partial charge in [-0.3, -0.25) is 19.5 Å². The van der Waals surface area contributed by atoms with E-state index in [1.807, 2.05) is 11.2 Å². The average Bonchev–Trinajstić information content (AvgIpc) is 3.08. The molecule has 21 heavy (non-hydrogen) atoms. The second kappa shape index (κ2) is 4.46. The monoisotopic (exact) mass is 311 g/mol. The molecule has 0 aliphatic carbocycles. The third-order valence-corrected chi connectivity index (χ3v) is 5.52. The van der Waals surface area contributed by atoms with Gasteiger partial charge < -0.3 is 9.64 Å². The first kappa shape index (κ1) is 14.4. The molecule has 4 atom stereocenters. The first-order chi connectivity index (χ1) is 9.89. The molecule has 3 aliphatic heterocycles. The van der Waals surface area contributed by atoms with Crippen LogP contribution in [0.1, 0.15) is 6.92 Å². The van der Waals surface area contributed by atoms with E-state index in [0.717, 1.165) is 4.90 Å². The summed E-state index contributed by atoms with van der Waals surface area (Å²) in [6, 6.07) is -0.247. The van der Waals surface area contributed by atoms with Gasteiger partial charge in [-0.05, 0) is 13.2 Å². The normalized spacial score (nSPS) is 37.7. The number of esters is 1. The Kier molecular flexibility index (Phi) is 3.05. The van der Waals surface area contributed by atoms with Crippen molar-refractivity contribution in [3.05, 3.63) is 0 Å². The van der Waals surface area contributed by atoms with Crippen molar-refractivity contribution in [3.8, 4) is 0 Å². The number of likely N-dealkylation sites (tertiary alicyclic amines) is 1. The molecule has 3 aliphatic rings. The molecule has 2 fully saturated rings. The topological polar surface area (TPSA) is 79.3 Å². The average molecular weight is 311 g/mol. The van der Waals surface area contributed by atoms with Gasteiger partial charge in [0.1, 0.15) is 5.54 Å². The van der Waals surface area contributed by atoms with Crippen molar-refractivity contribution in [2.24, 2.45) is 16.8 Å². The molecule has 3 rings (SSSR count). The highest BCUT2D eigenvalue weighted by Crippen LogP contribution is 2.51. The number of thioether (sulfide) groups is 1. The van der Waals surface area contributed by atoms with E-state index >= 15 is 0 Å². The molecule has 114 valence electrons. The summed E-state index contributed by atoms with van der Waals surface area (Å²) < 4.78 is 4.94. The number of carbonyl (C=O) groups excluding carboxylic acids is 3. The Labute approximate surface area is 126 Å². The Bertz CT molecular complexity index is 578. The lowest BCUT2D eigenvalue weighted by atomic mass is 9.81. The number of rotatable bonds is 1. The van der Waals surface area contributed by atoms with E-state index in [0.29, 0.717) is 11.7 Å². The van der Waals surface area contributed by atoms with Gasteiger partial charge in [0.25, 0.3) is 0 Å². The summed E-state index contributed by atoms with van der Waals surface area (Å²) in [4.78, 5) is 44.7. The number of aliphatic imine (C=N–C) groups is 1. The fourth-order valence-electron chi connectivity index (χ4n) is 3.85. The quantitative estimate of drug-likeness (QED) is 0.483. The number of methoxy groups -OCH3 is 1. The number of hydrogen-bond donors (Lipinski definition) is 0. The summed E-state index contributed by atoms with van der Waals surface area (Å²) in [5, 5.41) is 0.686. The van der Waals surface area contributed by atoms with Crippen molar-refractivity contribution in [2.45, 2.75) is 18.5 Å². The Balaban J connectivity index is 2.15. The van der Waals surface area contributed by atoms with Gasteiger partial charge in [0.05, 0.1) is 31.5 Å². The minimum absolute atomic E-state index is 0.231. The minimum atomic E-state index is -1.18. The van der Waals surface area contributed by atoms with Gasteiger partial charge in [0.15, 0.2) is 5.17 Å². The Morgan fingerprint density at radius 2 is 2.10 bits per heavy atom. The third kappa shape index (κ3) is 1.51. The first-order valence-electron chi connectivity index (χ1n) is 6.67. The molecule has 3 heterocycles. The molecule has 0 radical (unpaired) electrons. The maximum absolute atomic E-state index is 12.5. The standard InChI is InChI=1S/C13H17N3O4S/c1-13(11(19)20-3)8-7(9(17)15(2)10(8)18)6-5-14-12(21-4)16(6)13/h6-8H,5H2,1-4H3/t6-,7+,8-,13-/m1/s1. The number of ether oxygens (including phenoxy) is 1. The van der Waals surface area contributed by atoms with E-state index in [-0.39, 0.29) is 17.9 Å². The van der Waals surface area contributed by atoms with Gasteiger partial charge >= 0.3 is 5.97 Å². The number of hydrogen-bond acceptors (Lipinski definition) is 7. The van der Waals surface area contributed by atoms with E-state index in [1.54, 1.807) is 6.92 Å². The van der Waals surface area contributed by atoms with E-state index < -0.39 is 23.3 Å². The molecular weight excluding hydrogens is 294 g/mol. The van der Waals surface area contributed by atoms with Crippen LogP contribution in [0.25, 0.3) is 0 Å². The van der Waals surface area contributed by atoms with Gasteiger partial charge in [0.2, 0.25) is 11.8 Å². The fourth-order valence-corrected chi connectivity index (χ4v) is 4.57. The van der Waals surface area contributed by atoms with Crippen molar-refractivity contribution in [1.82, 2.24) is 9.80 Å². The number of nitrogens with zero attached hydrogens (tertiary/aromatic N) is 3. The summed E-state index contributed by atoms with van der Waals surface area (Å²) in [5.41, 5.74) is -1.18. The summed E-state index contributed by atoms with van der Waals surface area (Å²) in [6.45, 7) is 2.11. The molecule has 7 nitrogen and oxygen atoms in total. The van der Waals surface area contributed by atoms with Crippen LogP contribution in [-0.4, -0.2) is 71.3 Å². The highest BCUT2D eigenvalue weighted by Gasteiger charge is 2.71. The van der Waals surface area contributed by atoms with Crippen LogP contribution in [0.3, 0.4) is 0 Å². The zero-order valence-electron chi connectivity index (χ0n) is 12.3. The molecule has 0 aromatic carbocycles. The van der Waals surface area contributed by atoms with Crippen LogP contribution in [0.15, 0.2) is 4.99 Å². The predicted molar refractivity (Wildman–Crippen MR) is 76.6 cm³/mol. The van der Waals surface area contributed by atoms with Crippen LogP contribution in [0.4, 0.5) is 0 Å². The predicted octanol–water partition coefficient (Wildman–Crippen LogP) is -0.434. The molecule has 0 aromatic heterocycles. The van der Waals surface area contributed by atoms with Crippen molar-refractivity contribution in [3.63, 3.8) is 0 Å². The van der Waals surface area contributed by atoms with Crippen molar-refractivity contribution in [1.29, 1.82) is 0 Å². The zero-order valence-corrected chi connectivity index (χ0v) is 13.1. The summed E-state index contributed by atoms with van der Waals surface area (Å²) in [5.74, 6) is -2.27. The lowest BCUT2D eigenvalue weighted by molar-refractivity contribution is -0.156. The van der Waals surface area contributed by atoms with Crippen molar-refractivity contribution in [2.75, 3.05) is 27.0 Å². The molecule has 8 heteroatoms. The van der Waals surface area contributed by atoms with E-state index in [1.165, 1.54) is 25.9 Å². The number of fused-ring (bicyclic) bond motifs is 3. The highest BCUT2D eigenvalue weighted by atomic mass is 32.2. The lowest BCUT2D eigenvalue weighted by Crippen LogP contribution is -2.57. The van der Waals surface area contributed by atoms with Crippen molar-refractivity contribution < 1.29 is 19.1 Å². The van der Waals surface area contributed by atoms with Gasteiger partial charge in [-0.1, -0.05) is 11.8 Å². The zero-order chi connectivity index (χ0) is 15.5. The van der Waals surface area contributed by atoms with E-state index in [2.05, 4.69) is 4.99 Å². The number of amides is 2. The Hall–Kier alpha value is -1.57.